The van der Waals surface area contributed by atoms with Crippen molar-refractivity contribution in [2.24, 2.45) is 11.8 Å². The standard InChI is InChI=1S/C28H35N3O4/c1-29(2)27(33)19-6-4-18(5-7-19)21-8-9-24-23(16-21)26-22(25(17-32)30(24)3)10-13-31(26)28(34)20-11-14-35-15-12-20/h4-9,16,20,22,25-26,32H,10-15,17H2,1-3H3/t22-,25+,26-/m0/s1. The first kappa shape index (κ1) is 23.8. The second-order valence-corrected chi connectivity index (χ2v) is 10.2. The van der Waals surface area contributed by atoms with Gasteiger partial charge in [0.15, 0.2) is 0 Å². The molecule has 3 aliphatic rings. The van der Waals surface area contributed by atoms with Gasteiger partial charge in [0.25, 0.3) is 5.91 Å². The molecule has 3 atom stereocenters. The fourth-order valence-corrected chi connectivity index (χ4v) is 6.12. The lowest BCUT2D eigenvalue weighted by Crippen LogP contribution is -2.49. The number of aliphatic hydroxyl groups excluding tert-OH is 1. The highest BCUT2D eigenvalue weighted by Gasteiger charge is 2.48. The predicted molar refractivity (Wildman–Crippen MR) is 135 cm³/mol. The highest BCUT2D eigenvalue weighted by Crippen LogP contribution is 2.50. The summed E-state index contributed by atoms with van der Waals surface area (Å²) in [6.45, 7) is 2.08. The summed E-state index contributed by atoms with van der Waals surface area (Å²) in [6.07, 6.45) is 2.45. The van der Waals surface area contributed by atoms with Crippen molar-refractivity contribution in [1.29, 1.82) is 0 Å². The Labute approximate surface area is 207 Å². The van der Waals surface area contributed by atoms with Crippen LogP contribution >= 0.6 is 0 Å². The van der Waals surface area contributed by atoms with Crippen LogP contribution in [0, 0.1) is 11.8 Å². The van der Waals surface area contributed by atoms with Gasteiger partial charge in [0.1, 0.15) is 0 Å². The summed E-state index contributed by atoms with van der Waals surface area (Å²) in [4.78, 5) is 31.7. The Balaban J connectivity index is 1.51. The molecule has 2 amide bonds. The van der Waals surface area contributed by atoms with Gasteiger partial charge in [0.05, 0.1) is 18.7 Å². The summed E-state index contributed by atoms with van der Waals surface area (Å²) in [6, 6.07) is 14.1. The van der Waals surface area contributed by atoms with Crippen molar-refractivity contribution in [3.05, 3.63) is 53.6 Å². The molecule has 35 heavy (non-hydrogen) atoms. The van der Waals surface area contributed by atoms with Crippen molar-refractivity contribution in [2.75, 3.05) is 52.4 Å². The molecule has 0 spiro atoms. The van der Waals surface area contributed by atoms with E-state index < -0.39 is 0 Å². The first-order chi connectivity index (χ1) is 16.9. The zero-order valence-electron chi connectivity index (χ0n) is 20.8. The van der Waals surface area contributed by atoms with Gasteiger partial charge in [0, 0.05) is 64.0 Å². The first-order valence-electron chi connectivity index (χ1n) is 12.6. The topological polar surface area (TPSA) is 73.3 Å². The lowest BCUT2D eigenvalue weighted by molar-refractivity contribution is -0.140. The van der Waals surface area contributed by atoms with E-state index in [9.17, 15) is 14.7 Å². The molecule has 0 aliphatic carbocycles. The largest absolute Gasteiger partial charge is 0.394 e. The molecule has 186 valence electrons. The Kier molecular flexibility index (Phi) is 6.55. The van der Waals surface area contributed by atoms with Crippen molar-refractivity contribution in [1.82, 2.24) is 9.80 Å². The van der Waals surface area contributed by atoms with Crippen LogP contribution in [0.2, 0.25) is 0 Å². The van der Waals surface area contributed by atoms with Gasteiger partial charge < -0.3 is 24.5 Å². The van der Waals surface area contributed by atoms with Gasteiger partial charge in [-0.15, -0.1) is 0 Å². The van der Waals surface area contributed by atoms with E-state index in [4.69, 9.17) is 4.74 Å². The van der Waals surface area contributed by atoms with E-state index in [1.807, 2.05) is 31.3 Å². The lowest BCUT2D eigenvalue weighted by Gasteiger charge is -2.45. The van der Waals surface area contributed by atoms with Crippen LogP contribution < -0.4 is 4.90 Å². The Morgan fingerprint density at radius 1 is 1.03 bits per heavy atom. The molecule has 0 radical (unpaired) electrons. The van der Waals surface area contributed by atoms with Crippen LogP contribution in [0.25, 0.3) is 11.1 Å². The van der Waals surface area contributed by atoms with Crippen LogP contribution in [0.1, 0.15) is 41.2 Å². The third-order valence-corrected chi connectivity index (χ3v) is 8.07. The van der Waals surface area contributed by atoms with Crippen LogP contribution in [-0.4, -0.2) is 80.3 Å². The molecule has 0 unspecified atom stereocenters. The molecule has 2 saturated heterocycles. The molecule has 7 heteroatoms. The van der Waals surface area contributed by atoms with Crippen LogP contribution in [0.15, 0.2) is 42.5 Å². The summed E-state index contributed by atoms with van der Waals surface area (Å²) < 4.78 is 5.49. The van der Waals surface area contributed by atoms with E-state index >= 15 is 0 Å². The Morgan fingerprint density at radius 2 is 1.71 bits per heavy atom. The average molecular weight is 478 g/mol. The number of rotatable bonds is 4. The molecule has 2 aromatic carbocycles. The first-order valence-corrected chi connectivity index (χ1v) is 12.6. The molecular formula is C28H35N3O4. The second-order valence-electron chi connectivity index (χ2n) is 10.2. The molecule has 5 rings (SSSR count). The highest BCUT2D eigenvalue weighted by atomic mass is 16.5. The Hall–Kier alpha value is -2.90. The average Bonchev–Trinajstić information content (AvgIpc) is 3.33. The van der Waals surface area contributed by atoms with Crippen LogP contribution in [-0.2, 0) is 9.53 Å². The summed E-state index contributed by atoms with van der Waals surface area (Å²) >= 11 is 0. The maximum absolute atomic E-state index is 13.6. The summed E-state index contributed by atoms with van der Waals surface area (Å²) in [5.41, 5.74) is 4.97. The minimum Gasteiger partial charge on any atom is -0.394 e. The van der Waals surface area contributed by atoms with E-state index in [-0.39, 0.29) is 42.3 Å². The number of likely N-dealkylation sites (N-methyl/N-ethyl adjacent to an activating group) is 1. The zero-order chi connectivity index (χ0) is 24.7. The fourth-order valence-electron chi connectivity index (χ4n) is 6.12. The highest BCUT2D eigenvalue weighted by molar-refractivity contribution is 5.94. The molecule has 0 saturated carbocycles. The number of ether oxygens (including phenoxy) is 1. The van der Waals surface area contributed by atoms with Crippen LogP contribution in [0.3, 0.4) is 0 Å². The van der Waals surface area contributed by atoms with E-state index in [0.29, 0.717) is 18.8 Å². The van der Waals surface area contributed by atoms with Gasteiger partial charge in [-0.05, 0) is 60.2 Å². The number of hydrogen-bond donors (Lipinski definition) is 1. The van der Waals surface area contributed by atoms with Crippen molar-refractivity contribution >= 4 is 17.5 Å². The second kappa shape index (κ2) is 9.63. The minimum absolute atomic E-state index is 0.0119. The molecule has 1 N–H and O–H groups in total. The van der Waals surface area contributed by atoms with E-state index in [1.165, 1.54) is 0 Å². The molecule has 2 fully saturated rings. The SMILES string of the molecule is CN(C)C(=O)c1ccc(-c2ccc3c(c2)[C@@H]2[C@@H](CCN2C(=O)C2CCOCC2)[C@@H](CO)N3C)cc1. The lowest BCUT2D eigenvalue weighted by atomic mass is 9.80. The van der Waals surface area contributed by atoms with Gasteiger partial charge in [-0.3, -0.25) is 9.59 Å². The molecule has 0 bridgehead atoms. The van der Waals surface area contributed by atoms with E-state index in [0.717, 1.165) is 48.2 Å². The summed E-state index contributed by atoms with van der Waals surface area (Å²) in [7, 11) is 5.54. The number of nitrogens with zero attached hydrogens (tertiary/aromatic N) is 3. The van der Waals surface area contributed by atoms with E-state index in [1.54, 1.807) is 19.0 Å². The normalized spacial score (nSPS) is 24.2. The maximum Gasteiger partial charge on any atom is 0.253 e. The zero-order valence-corrected chi connectivity index (χ0v) is 20.8. The quantitative estimate of drug-likeness (QED) is 0.732. The third-order valence-electron chi connectivity index (χ3n) is 8.07. The number of fused-ring (bicyclic) bond motifs is 3. The van der Waals surface area contributed by atoms with Gasteiger partial charge in [0.2, 0.25) is 5.91 Å². The minimum atomic E-state index is -0.0387. The number of amides is 2. The number of benzene rings is 2. The number of carbonyl (C=O) groups excluding carboxylic acids is 2. The third kappa shape index (κ3) is 4.21. The molecule has 2 aromatic rings. The Bertz CT molecular complexity index is 1090. The maximum atomic E-state index is 13.6. The van der Waals surface area contributed by atoms with Crippen molar-refractivity contribution in [3.63, 3.8) is 0 Å². The van der Waals surface area contributed by atoms with Crippen molar-refractivity contribution < 1.29 is 19.4 Å². The molecule has 0 aromatic heterocycles. The molecule has 3 aliphatic heterocycles. The van der Waals surface area contributed by atoms with Gasteiger partial charge in [-0.1, -0.05) is 18.2 Å². The number of hydrogen-bond acceptors (Lipinski definition) is 5. The molecule has 3 heterocycles. The number of aliphatic hydroxyl groups is 1. The molecule has 7 nitrogen and oxygen atoms in total. The number of anilines is 1. The van der Waals surface area contributed by atoms with Gasteiger partial charge in [-0.2, -0.15) is 0 Å². The van der Waals surface area contributed by atoms with Crippen LogP contribution in [0.5, 0.6) is 0 Å². The monoisotopic (exact) mass is 477 g/mol. The number of carbonyl (C=O) groups is 2. The summed E-state index contributed by atoms with van der Waals surface area (Å²) in [5, 5.41) is 10.3. The van der Waals surface area contributed by atoms with Gasteiger partial charge >= 0.3 is 0 Å². The van der Waals surface area contributed by atoms with Crippen molar-refractivity contribution in [2.45, 2.75) is 31.3 Å². The smallest absolute Gasteiger partial charge is 0.253 e. The van der Waals surface area contributed by atoms with Gasteiger partial charge in [-0.25, -0.2) is 0 Å². The Morgan fingerprint density at radius 3 is 2.37 bits per heavy atom. The van der Waals surface area contributed by atoms with Crippen molar-refractivity contribution in [3.8, 4) is 11.1 Å². The van der Waals surface area contributed by atoms with Crippen LogP contribution in [0.4, 0.5) is 5.69 Å². The number of likely N-dealkylation sites (tertiary alicyclic amines) is 1. The predicted octanol–water partition coefficient (Wildman–Crippen LogP) is 3.18. The van der Waals surface area contributed by atoms with E-state index in [2.05, 4.69) is 28.0 Å². The fraction of sp³-hybridized carbons (Fsp3) is 0.500. The molecular weight excluding hydrogens is 442 g/mol. The summed E-state index contributed by atoms with van der Waals surface area (Å²) in [5.74, 6) is 0.416.